The minimum absolute atomic E-state index is 0.00633. The average molecular weight is 421 g/mol. The van der Waals surface area contributed by atoms with Crippen LogP contribution in [0.15, 0.2) is 35.9 Å². The second-order valence-corrected chi connectivity index (χ2v) is 7.49. The van der Waals surface area contributed by atoms with Crippen LogP contribution in [-0.4, -0.2) is 35.8 Å². The highest BCUT2D eigenvalue weighted by Gasteiger charge is 2.19. The summed E-state index contributed by atoms with van der Waals surface area (Å²) < 4.78 is 12.9. The van der Waals surface area contributed by atoms with Crippen molar-refractivity contribution in [1.29, 1.82) is 5.26 Å². The third-order valence-electron chi connectivity index (χ3n) is 5.34. The second-order valence-electron chi connectivity index (χ2n) is 7.49. The summed E-state index contributed by atoms with van der Waals surface area (Å²) in [5.41, 5.74) is 3.78. The molecule has 1 saturated heterocycles. The molecular weight excluding hydrogens is 394 g/mol. The second kappa shape index (κ2) is 10.1. The van der Waals surface area contributed by atoms with E-state index in [2.05, 4.69) is 9.88 Å². The highest BCUT2D eigenvalue weighted by atomic mass is 16.5. The Morgan fingerprint density at radius 2 is 2.06 bits per heavy atom. The van der Waals surface area contributed by atoms with Gasteiger partial charge in [-0.2, -0.15) is 5.26 Å². The molecule has 1 aliphatic rings. The molecule has 0 saturated carbocycles. The van der Waals surface area contributed by atoms with Crippen LogP contribution < -0.4 is 5.32 Å². The number of aromatic nitrogens is 1. The normalized spacial score (nSPS) is 16.1. The summed E-state index contributed by atoms with van der Waals surface area (Å²) in [5, 5.41) is 12.2. The quantitative estimate of drug-likeness (QED) is 0.414. The number of ether oxygens (including phenoxy) is 2. The molecule has 0 radical (unpaired) electrons. The van der Waals surface area contributed by atoms with Gasteiger partial charge in [-0.3, -0.25) is 4.79 Å². The van der Waals surface area contributed by atoms with Gasteiger partial charge < -0.3 is 19.4 Å². The molecule has 2 heterocycles. The Morgan fingerprint density at radius 1 is 1.32 bits per heavy atom. The SMILES string of the molecule is CCOC(=O)c1ccc(NC(=O)/C(C#N)=C/c2cc(C)n(C[C@H]3CCCO3)c2C)cc1. The number of hydrogen-bond acceptors (Lipinski definition) is 5. The van der Waals surface area contributed by atoms with Crippen LogP contribution >= 0.6 is 0 Å². The molecule has 1 atom stereocenters. The van der Waals surface area contributed by atoms with Gasteiger partial charge in [-0.05, 0) is 75.6 Å². The molecule has 0 bridgehead atoms. The van der Waals surface area contributed by atoms with Gasteiger partial charge in [0.25, 0.3) is 5.91 Å². The number of nitrogens with zero attached hydrogens (tertiary/aromatic N) is 2. The first-order chi connectivity index (χ1) is 14.9. The van der Waals surface area contributed by atoms with Crippen molar-refractivity contribution in [2.75, 3.05) is 18.5 Å². The number of hydrogen-bond donors (Lipinski definition) is 1. The molecule has 0 spiro atoms. The number of nitrogens with one attached hydrogen (secondary N) is 1. The Bertz CT molecular complexity index is 1020. The van der Waals surface area contributed by atoms with E-state index < -0.39 is 11.9 Å². The summed E-state index contributed by atoms with van der Waals surface area (Å²) in [5.74, 6) is -0.924. The van der Waals surface area contributed by atoms with E-state index in [1.54, 1.807) is 37.3 Å². The van der Waals surface area contributed by atoms with Gasteiger partial charge in [-0.25, -0.2) is 4.79 Å². The lowest BCUT2D eigenvalue weighted by atomic mass is 10.1. The van der Waals surface area contributed by atoms with Crippen LogP contribution in [0.4, 0.5) is 5.69 Å². The maximum Gasteiger partial charge on any atom is 0.338 e. The molecule has 31 heavy (non-hydrogen) atoms. The standard InChI is InChI=1S/C24H27N3O4/c1-4-30-24(29)18-7-9-21(10-8-18)26-23(28)20(14-25)13-19-12-16(2)27(17(19)3)15-22-6-5-11-31-22/h7-10,12-13,22H,4-6,11,15H2,1-3H3,(H,26,28)/b20-13+/t22-/m1/s1. The predicted molar refractivity (Wildman–Crippen MR) is 117 cm³/mol. The van der Waals surface area contributed by atoms with E-state index in [-0.39, 0.29) is 11.7 Å². The number of amides is 1. The van der Waals surface area contributed by atoms with Gasteiger partial charge in [0.15, 0.2) is 0 Å². The number of esters is 1. The molecule has 1 aromatic heterocycles. The smallest absolute Gasteiger partial charge is 0.338 e. The van der Waals surface area contributed by atoms with Crippen LogP contribution in [0.2, 0.25) is 0 Å². The minimum Gasteiger partial charge on any atom is -0.462 e. The molecular formula is C24H27N3O4. The third kappa shape index (κ3) is 5.41. The van der Waals surface area contributed by atoms with Gasteiger partial charge >= 0.3 is 5.97 Å². The van der Waals surface area contributed by atoms with Gasteiger partial charge in [-0.15, -0.1) is 0 Å². The number of nitriles is 1. The van der Waals surface area contributed by atoms with Crippen LogP contribution in [0.25, 0.3) is 6.08 Å². The highest BCUT2D eigenvalue weighted by molar-refractivity contribution is 6.09. The molecule has 162 valence electrons. The summed E-state index contributed by atoms with van der Waals surface area (Å²) in [7, 11) is 0. The fraction of sp³-hybridized carbons (Fsp3) is 0.375. The summed E-state index contributed by atoms with van der Waals surface area (Å²) >= 11 is 0. The van der Waals surface area contributed by atoms with Crippen molar-refractivity contribution in [2.45, 2.75) is 46.3 Å². The number of benzene rings is 1. The molecule has 1 amide bonds. The fourth-order valence-electron chi connectivity index (χ4n) is 3.65. The van der Waals surface area contributed by atoms with E-state index in [0.29, 0.717) is 17.9 Å². The van der Waals surface area contributed by atoms with Crippen LogP contribution in [0.1, 0.15) is 47.1 Å². The summed E-state index contributed by atoms with van der Waals surface area (Å²) in [6.07, 6.45) is 3.94. The van der Waals surface area contributed by atoms with Gasteiger partial charge in [0.1, 0.15) is 11.6 Å². The first-order valence-electron chi connectivity index (χ1n) is 10.4. The van der Waals surface area contributed by atoms with Crippen molar-refractivity contribution in [1.82, 2.24) is 4.57 Å². The van der Waals surface area contributed by atoms with Crippen LogP contribution in [0, 0.1) is 25.2 Å². The predicted octanol–water partition coefficient (Wildman–Crippen LogP) is 4.01. The number of anilines is 1. The number of rotatable bonds is 7. The van der Waals surface area contributed by atoms with Crippen molar-refractivity contribution >= 4 is 23.6 Å². The Kier molecular flexibility index (Phi) is 7.27. The molecule has 1 aromatic carbocycles. The molecule has 1 aliphatic heterocycles. The van der Waals surface area contributed by atoms with Gasteiger partial charge in [0.2, 0.25) is 0 Å². The van der Waals surface area contributed by atoms with Crippen molar-refractivity contribution in [3.63, 3.8) is 0 Å². The summed E-state index contributed by atoms with van der Waals surface area (Å²) in [6, 6.07) is 10.3. The Labute approximate surface area is 182 Å². The van der Waals surface area contributed by atoms with E-state index in [1.807, 2.05) is 26.0 Å². The topological polar surface area (TPSA) is 93.4 Å². The zero-order valence-electron chi connectivity index (χ0n) is 18.1. The van der Waals surface area contributed by atoms with Gasteiger partial charge in [-0.1, -0.05) is 0 Å². The summed E-state index contributed by atoms with van der Waals surface area (Å²) in [4.78, 5) is 24.4. The number of carbonyl (C=O) groups is 2. The largest absolute Gasteiger partial charge is 0.462 e. The average Bonchev–Trinajstić information content (AvgIpc) is 3.36. The van der Waals surface area contributed by atoms with Crippen LogP contribution in [0.5, 0.6) is 0 Å². The van der Waals surface area contributed by atoms with Gasteiger partial charge in [0, 0.05) is 30.2 Å². The molecule has 7 heteroatoms. The molecule has 1 N–H and O–H groups in total. The van der Waals surface area contributed by atoms with E-state index in [4.69, 9.17) is 9.47 Å². The van der Waals surface area contributed by atoms with E-state index >= 15 is 0 Å². The van der Waals surface area contributed by atoms with E-state index in [1.165, 1.54) is 0 Å². The number of aryl methyl sites for hydroxylation is 1. The lowest BCUT2D eigenvalue weighted by molar-refractivity contribution is -0.112. The zero-order valence-corrected chi connectivity index (χ0v) is 18.1. The lowest BCUT2D eigenvalue weighted by Crippen LogP contribution is -2.17. The number of carbonyl (C=O) groups excluding carboxylic acids is 2. The first kappa shape index (κ1) is 22.3. The minimum atomic E-state index is -0.504. The monoisotopic (exact) mass is 421 g/mol. The van der Waals surface area contributed by atoms with Crippen LogP contribution in [0.3, 0.4) is 0 Å². The fourth-order valence-corrected chi connectivity index (χ4v) is 3.65. The van der Waals surface area contributed by atoms with Crippen molar-refractivity contribution < 1.29 is 19.1 Å². The van der Waals surface area contributed by atoms with Crippen molar-refractivity contribution in [2.24, 2.45) is 0 Å². The third-order valence-corrected chi connectivity index (χ3v) is 5.34. The first-order valence-corrected chi connectivity index (χ1v) is 10.4. The Morgan fingerprint density at radius 3 is 2.68 bits per heavy atom. The molecule has 3 rings (SSSR count). The lowest BCUT2D eigenvalue weighted by Gasteiger charge is -2.14. The van der Waals surface area contributed by atoms with Crippen molar-refractivity contribution in [3.05, 3.63) is 58.4 Å². The molecule has 0 aliphatic carbocycles. The van der Waals surface area contributed by atoms with E-state index in [9.17, 15) is 14.9 Å². The maximum absolute atomic E-state index is 12.6. The maximum atomic E-state index is 12.6. The van der Waals surface area contributed by atoms with Crippen molar-refractivity contribution in [3.8, 4) is 6.07 Å². The molecule has 2 aromatic rings. The Hall–Kier alpha value is -3.37. The Balaban J connectivity index is 1.73. The highest BCUT2D eigenvalue weighted by Crippen LogP contribution is 2.22. The molecule has 0 unspecified atom stereocenters. The molecule has 1 fully saturated rings. The van der Waals surface area contributed by atoms with Crippen LogP contribution in [-0.2, 0) is 20.8 Å². The van der Waals surface area contributed by atoms with E-state index in [0.717, 1.165) is 42.9 Å². The zero-order chi connectivity index (χ0) is 22.4. The summed E-state index contributed by atoms with van der Waals surface area (Å²) in [6.45, 7) is 7.60. The molecule has 7 nitrogen and oxygen atoms in total. The van der Waals surface area contributed by atoms with Gasteiger partial charge in [0.05, 0.1) is 18.3 Å².